The monoisotopic (exact) mass is 629 g/mol. The van der Waals surface area contributed by atoms with E-state index in [9.17, 15) is 9.59 Å². The lowest BCUT2D eigenvalue weighted by Crippen LogP contribution is -2.26. The van der Waals surface area contributed by atoms with E-state index in [2.05, 4.69) is 27.9 Å². The number of Topliss-reactive ketones (excluding diaryl/α,β-unsaturated/α-hetero) is 1. The maximum absolute atomic E-state index is 12.2. The summed E-state index contributed by atoms with van der Waals surface area (Å²) in [5.74, 6) is 1.61. The number of para-hydroxylation sites is 1. The summed E-state index contributed by atoms with van der Waals surface area (Å²) in [6, 6.07) is 8.05. The summed E-state index contributed by atoms with van der Waals surface area (Å²) in [4.78, 5) is 32.5. The van der Waals surface area contributed by atoms with Crippen LogP contribution in [0.3, 0.4) is 0 Å². The molecular weight excluding hydrogens is 578 g/mol. The van der Waals surface area contributed by atoms with Crippen LogP contribution in [0.4, 0.5) is 5.82 Å². The van der Waals surface area contributed by atoms with Crippen molar-refractivity contribution in [2.45, 2.75) is 65.3 Å². The van der Waals surface area contributed by atoms with Crippen LogP contribution in [0.15, 0.2) is 24.3 Å². The number of benzene rings is 1. The van der Waals surface area contributed by atoms with Crippen molar-refractivity contribution in [2.75, 3.05) is 78.3 Å². The maximum Gasteiger partial charge on any atom is 0.222 e. The Kier molecular flexibility index (Phi) is 17.4. The van der Waals surface area contributed by atoms with Crippen molar-refractivity contribution < 1.29 is 33.3 Å². The van der Waals surface area contributed by atoms with Crippen LogP contribution in [0.25, 0.3) is 21.9 Å². The average molecular weight is 630 g/mol. The third-order valence-corrected chi connectivity index (χ3v) is 7.13. The minimum absolute atomic E-state index is 0.0179. The zero-order valence-electron chi connectivity index (χ0n) is 27.0. The summed E-state index contributed by atoms with van der Waals surface area (Å²) >= 11 is 0. The van der Waals surface area contributed by atoms with Crippen LogP contribution in [-0.2, 0) is 46.2 Å². The van der Waals surface area contributed by atoms with E-state index in [0.29, 0.717) is 91.3 Å². The molecule has 3 aromatic rings. The van der Waals surface area contributed by atoms with Crippen molar-refractivity contribution in [3.63, 3.8) is 0 Å². The number of nitrogens with one attached hydrogen (secondary N) is 1. The molecular formula is C33H51N5O7. The topological polar surface area (TPSA) is 149 Å². The van der Waals surface area contributed by atoms with E-state index >= 15 is 0 Å². The van der Waals surface area contributed by atoms with Gasteiger partial charge in [-0.05, 0) is 32.3 Å². The number of aromatic nitrogens is 3. The summed E-state index contributed by atoms with van der Waals surface area (Å²) in [6.07, 6.45) is 5.57. The molecule has 3 rings (SSSR count). The lowest BCUT2D eigenvalue weighted by Gasteiger charge is -2.11. The second-order valence-electron chi connectivity index (χ2n) is 10.8. The van der Waals surface area contributed by atoms with E-state index in [0.717, 1.165) is 66.4 Å². The number of unbranched alkanes of at least 4 members (excludes halogenated alkanes) is 2. The number of nitrogens with two attached hydrogens (primary N) is 1. The zero-order chi connectivity index (χ0) is 32.1. The molecule has 0 radical (unpaired) electrons. The van der Waals surface area contributed by atoms with E-state index in [1.807, 2.05) is 18.2 Å². The molecule has 0 spiro atoms. The number of ether oxygens (including phenoxy) is 5. The molecule has 0 atom stereocenters. The molecule has 250 valence electrons. The Balaban J connectivity index is 1.20. The number of ketones is 1. The Labute approximate surface area is 266 Å². The lowest BCUT2D eigenvalue weighted by molar-refractivity contribution is -0.122. The van der Waals surface area contributed by atoms with Gasteiger partial charge in [0, 0.05) is 37.7 Å². The Bertz CT molecular complexity index is 1300. The van der Waals surface area contributed by atoms with Gasteiger partial charge in [0.05, 0.1) is 77.1 Å². The molecule has 0 aliphatic heterocycles. The molecule has 12 nitrogen and oxygen atoms in total. The highest BCUT2D eigenvalue weighted by molar-refractivity contribution is 6.06. The molecule has 3 N–H and O–H groups in total. The van der Waals surface area contributed by atoms with Gasteiger partial charge in [0.2, 0.25) is 5.91 Å². The fraction of sp³-hybridized carbons (Fsp3) is 0.636. The number of aryl methyl sites for hydroxylation is 2. The SMILES string of the molecule is CCCCc1nc2c(N)nc3ccccc3c2n1CCCCNC(=O)CCOCCOCCOCCOCCOCCC(C)=O. The zero-order valence-corrected chi connectivity index (χ0v) is 27.0. The Morgan fingerprint density at radius 1 is 0.800 bits per heavy atom. The third-order valence-electron chi connectivity index (χ3n) is 7.13. The number of carbonyl (C=O) groups is 2. The van der Waals surface area contributed by atoms with Crippen LogP contribution >= 0.6 is 0 Å². The van der Waals surface area contributed by atoms with Gasteiger partial charge < -0.3 is 39.3 Å². The number of nitrogens with zero attached hydrogens (tertiary/aromatic N) is 3. The quantitative estimate of drug-likeness (QED) is 0.125. The van der Waals surface area contributed by atoms with Gasteiger partial charge in [-0.15, -0.1) is 0 Å². The molecule has 1 aromatic carbocycles. The van der Waals surface area contributed by atoms with Gasteiger partial charge in [-0.25, -0.2) is 9.97 Å². The minimum Gasteiger partial charge on any atom is -0.382 e. The molecule has 0 bridgehead atoms. The van der Waals surface area contributed by atoms with Crippen molar-refractivity contribution >= 4 is 39.4 Å². The van der Waals surface area contributed by atoms with Crippen LogP contribution < -0.4 is 11.1 Å². The summed E-state index contributed by atoms with van der Waals surface area (Å²) in [6.45, 7) is 9.64. The van der Waals surface area contributed by atoms with E-state index in [-0.39, 0.29) is 11.7 Å². The molecule has 2 aromatic heterocycles. The number of hydrogen-bond acceptors (Lipinski definition) is 10. The first-order valence-electron chi connectivity index (χ1n) is 16.2. The summed E-state index contributed by atoms with van der Waals surface area (Å²) in [5, 5.41) is 4.05. The molecule has 0 saturated carbocycles. The smallest absolute Gasteiger partial charge is 0.222 e. The summed E-state index contributed by atoms with van der Waals surface area (Å²) in [7, 11) is 0. The normalized spacial score (nSPS) is 11.5. The standard InChI is InChI=1S/C33H51N5O7/c1-3-4-11-29-37-31-32(27-9-5-6-10-28(27)36-33(31)34)38(29)15-8-7-14-35-30(40)13-17-42-19-21-44-23-25-45-24-22-43-20-18-41-16-12-26(2)39/h5-6,9-10H,3-4,7-8,11-25H2,1-2H3,(H2,34,36)(H,35,40). The van der Waals surface area contributed by atoms with Gasteiger partial charge in [-0.3, -0.25) is 9.59 Å². The minimum atomic E-state index is -0.0179. The molecule has 45 heavy (non-hydrogen) atoms. The van der Waals surface area contributed by atoms with Crippen LogP contribution in [0.1, 0.15) is 58.2 Å². The van der Waals surface area contributed by atoms with E-state index in [4.69, 9.17) is 34.4 Å². The van der Waals surface area contributed by atoms with Crippen LogP contribution in [0.2, 0.25) is 0 Å². The second-order valence-corrected chi connectivity index (χ2v) is 10.8. The summed E-state index contributed by atoms with van der Waals surface area (Å²) in [5.41, 5.74) is 8.99. The maximum atomic E-state index is 12.2. The number of amides is 1. The average Bonchev–Trinajstić information content (AvgIpc) is 3.40. The first-order chi connectivity index (χ1) is 22.0. The van der Waals surface area contributed by atoms with Gasteiger partial charge in [-0.1, -0.05) is 31.5 Å². The fourth-order valence-electron chi connectivity index (χ4n) is 4.75. The van der Waals surface area contributed by atoms with Crippen molar-refractivity contribution in [3.05, 3.63) is 30.1 Å². The summed E-state index contributed by atoms with van der Waals surface area (Å²) < 4.78 is 29.4. The van der Waals surface area contributed by atoms with E-state index in [1.54, 1.807) is 6.92 Å². The second kappa shape index (κ2) is 21.6. The fourth-order valence-corrected chi connectivity index (χ4v) is 4.75. The number of carbonyl (C=O) groups excluding carboxylic acids is 2. The number of fused-ring (bicyclic) bond motifs is 3. The van der Waals surface area contributed by atoms with Crippen molar-refractivity contribution in [2.24, 2.45) is 0 Å². The molecule has 0 fully saturated rings. The van der Waals surface area contributed by atoms with Crippen molar-refractivity contribution in [1.29, 1.82) is 0 Å². The number of imidazole rings is 1. The van der Waals surface area contributed by atoms with Gasteiger partial charge in [0.25, 0.3) is 0 Å². The van der Waals surface area contributed by atoms with Gasteiger partial charge >= 0.3 is 0 Å². The largest absolute Gasteiger partial charge is 0.382 e. The first-order valence-corrected chi connectivity index (χ1v) is 16.2. The number of hydrogen-bond donors (Lipinski definition) is 2. The van der Waals surface area contributed by atoms with E-state index in [1.165, 1.54) is 0 Å². The predicted octanol–water partition coefficient (Wildman–Crippen LogP) is 3.86. The van der Waals surface area contributed by atoms with E-state index < -0.39 is 0 Å². The van der Waals surface area contributed by atoms with Gasteiger partial charge in [-0.2, -0.15) is 0 Å². The molecule has 2 heterocycles. The highest BCUT2D eigenvalue weighted by atomic mass is 16.6. The molecule has 1 amide bonds. The highest BCUT2D eigenvalue weighted by Gasteiger charge is 2.17. The molecule has 12 heteroatoms. The highest BCUT2D eigenvalue weighted by Crippen LogP contribution is 2.29. The molecule has 0 aliphatic carbocycles. The third kappa shape index (κ3) is 13.4. The Hall–Kier alpha value is -3.16. The molecule has 0 saturated heterocycles. The number of nitrogen functional groups attached to an aromatic ring is 1. The Morgan fingerprint density at radius 3 is 2.02 bits per heavy atom. The molecule has 0 aliphatic rings. The Morgan fingerprint density at radius 2 is 1.40 bits per heavy atom. The first kappa shape index (κ1) is 36.3. The number of pyridine rings is 1. The van der Waals surface area contributed by atoms with Gasteiger partial charge in [0.15, 0.2) is 5.82 Å². The molecule has 0 unspecified atom stereocenters. The van der Waals surface area contributed by atoms with Crippen LogP contribution in [0, 0.1) is 0 Å². The lowest BCUT2D eigenvalue weighted by atomic mass is 10.2. The van der Waals surface area contributed by atoms with Crippen LogP contribution in [0.5, 0.6) is 0 Å². The number of anilines is 1. The van der Waals surface area contributed by atoms with Crippen molar-refractivity contribution in [1.82, 2.24) is 19.9 Å². The van der Waals surface area contributed by atoms with Crippen molar-refractivity contribution in [3.8, 4) is 0 Å². The van der Waals surface area contributed by atoms with Gasteiger partial charge in [0.1, 0.15) is 17.1 Å². The number of rotatable bonds is 26. The van der Waals surface area contributed by atoms with Crippen LogP contribution in [-0.4, -0.2) is 98.8 Å². The predicted molar refractivity (Wildman–Crippen MR) is 174 cm³/mol.